The van der Waals surface area contributed by atoms with Crippen molar-refractivity contribution in [3.8, 4) is 0 Å². The molecule has 0 spiro atoms. The normalized spacial score (nSPS) is 21.7. The number of benzene rings is 1. The van der Waals surface area contributed by atoms with Gasteiger partial charge in [-0.2, -0.15) is 13.2 Å². The van der Waals surface area contributed by atoms with Crippen LogP contribution in [0.5, 0.6) is 0 Å². The molecule has 0 amide bonds. The zero-order valence-corrected chi connectivity index (χ0v) is 13.5. The summed E-state index contributed by atoms with van der Waals surface area (Å²) in [5.41, 5.74) is 1.18. The second kappa shape index (κ2) is 7.11. The summed E-state index contributed by atoms with van der Waals surface area (Å²) in [5.74, 6) is 0.297. The largest absolute Gasteiger partial charge is 0.401 e. The van der Waals surface area contributed by atoms with Crippen LogP contribution in [0.25, 0.3) is 0 Å². The van der Waals surface area contributed by atoms with Crippen LogP contribution >= 0.6 is 15.9 Å². The molecule has 1 fully saturated rings. The lowest BCUT2D eigenvalue weighted by Crippen LogP contribution is -2.34. The molecular weight excluding hydrogens is 345 g/mol. The standard InChI is InChI=1S/C15H20BrF3N2/c1-11(13-2-4-14(16)5-3-13)20-8-12-6-7-21(9-12)10-15(17,18)19/h2-5,11-12,20H,6-10H2,1H3. The number of alkyl halides is 3. The summed E-state index contributed by atoms with van der Waals surface area (Å²) in [7, 11) is 0. The van der Waals surface area contributed by atoms with Crippen LogP contribution in [-0.2, 0) is 0 Å². The Kier molecular flexibility index (Phi) is 5.68. The third-order valence-electron chi connectivity index (χ3n) is 3.86. The van der Waals surface area contributed by atoms with E-state index in [1.807, 2.05) is 24.3 Å². The van der Waals surface area contributed by atoms with Crippen molar-refractivity contribution in [2.24, 2.45) is 5.92 Å². The van der Waals surface area contributed by atoms with Crippen LogP contribution in [-0.4, -0.2) is 37.3 Å². The Labute approximate surface area is 131 Å². The monoisotopic (exact) mass is 364 g/mol. The Balaban J connectivity index is 1.75. The highest BCUT2D eigenvalue weighted by atomic mass is 79.9. The molecule has 0 saturated carbocycles. The highest BCUT2D eigenvalue weighted by Gasteiger charge is 2.34. The van der Waals surface area contributed by atoms with Crippen molar-refractivity contribution in [2.45, 2.75) is 25.6 Å². The molecule has 2 nitrogen and oxygen atoms in total. The Morgan fingerprint density at radius 2 is 2.00 bits per heavy atom. The molecule has 0 aromatic heterocycles. The van der Waals surface area contributed by atoms with Crippen LogP contribution in [0.4, 0.5) is 13.2 Å². The molecule has 2 rings (SSSR count). The van der Waals surface area contributed by atoms with Crippen molar-refractivity contribution in [3.05, 3.63) is 34.3 Å². The van der Waals surface area contributed by atoms with E-state index in [0.29, 0.717) is 19.0 Å². The van der Waals surface area contributed by atoms with E-state index in [4.69, 9.17) is 0 Å². The van der Waals surface area contributed by atoms with E-state index in [9.17, 15) is 13.2 Å². The minimum atomic E-state index is -4.09. The summed E-state index contributed by atoms with van der Waals surface area (Å²) >= 11 is 3.40. The second-order valence-corrected chi connectivity index (χ2v) is 6.60. The van der Waals surface area contributed by atoms with Crippen molar-refractivity contribution >= 4 is 15.9 Å². The lowest BCUT2D eigenvalue weighted by molar-refractivity contribution is -0.143. The van der Waals surface area contributed by atoms with E-state index in [1.165, 1.54) is 10.5 Å². The lowest BCUT2D eigenvalue weighted by Gasteiger charge is -2.19. The molecule has 0 radical (unpaired) electrons. The van der Waals surface area contributed by atoms with Gasteiger partial charge in [0.25, 0.3) is 0 Å². The van der Waals surface area contributed by atoms with Crippen LogP contribution in [0.2, 0.25) is 0 Å². The molecule has 1 heterocycles. The van der Waals surface area contributed by atoms with Crippen molar-refractivity contribution in [2.75, 3.05) is 26.2 Å². The maximum Gasteiger partial charge on any atom is 0.401 e. The van der Waals surface area contributed by atoms with Crippen molar-refractivity contribution in [1.29, 1.82) is 0 Å². The van der Waals surface area contributed by atoms with Gasteiger partial charge in [0, 0.05) is 17.1 Å². The molecule has 0 bridgehead atoms. The minimum Gasteiger partial charge on any atom is -0.310 e. The highest BCUT2D eigenvalue weighted by molar-refractivity contribution is 9.10. The first kappa shape index (κ1) is 16.8. The van der Waals surface area contributed by atoms with E-state index < -0.39 is 12.7 Å². The van der Waals surface area contributed by atoms with Gasteiger partial charge >= 0.3 is 6.18 Å². The van der Waals surface area contributed by atoms with Crippen LogP contribution in [0.1, 0.15) is 24.9 Å². The van der Waals surface area contributed by atoms with Crippen LogP contribution in [0, 0.1) is 5.92 Å². The maximum absolute atomic E-state index is 12.3. The van der Waals surface area contributed by atoms with Crippen LogP contribution in [0.15, 0.2) is 28.7 Å². The summed E-state index contributed by atoms with van der Waals surface area (Å²) in [6.45, 7) is 3.11. The molecule has 1 saturated heterocycles. The van der Waals surface area contributed by atoms with E-state index in [1.54, 1.807) is 0 Å². The van der Waals surface area contributed by atoms with E-state index >= 15 is 0 Å². The Morgan fingerprint density at radius 1 is 1.33 bits per heavy atom. The Morgan fingerprint density at radius 3 is 2.62 bits per heavy atom. The molecule has 118 valence electrons. The molecule has 2 unspecified atom stereocenters. The highest BCUT2D eigenvalue weighted by Crippen LogP contribution is 2.23. The van der Waals surface area contributed by atoms with Gasteiger partial charge in [0.05, 0.1) is 6.54 Å². The summed E-state index contributed by atoms with van der Waals surface area (Å²) in [6, 6.07) is 8.29. The van der Waals surface area contributed by atoms with E-state index in [-0.39, 0.29) is 6.04 Å². The lowest BCUT2D eigenvalue weighted by atomic mass is 10.1. The molecule has 1 aromatic rings. The number of nitrogens with zero attached hydrogens (tertiary/aromatic N) is 1. The average molecular weight is 365 g/mol. The molecule has 2 atom stereocenters. The summed E-state index contributed by atoms with van der Waals surface area (Å²) < 4.78 is 38.1. The Hall–Kier alpha value is -0.590. The van der Waals surface area contributed by atoms with Gasteiger partial charge < -0.3 is 5.32 Å². The van der Waals surface area contributed by atoms with Crippen molar-refractivity contribution in [1.82, 2.24) is 10.2 Å². The molecule has 1 aliphatic heterocycles. The second-order valence-electron chi connectivity index (χ2n) is 5.69. The molecule has 1 aromatic carbocycles. The molecule has 1 aliphatic rings. The van der Waals surface area contributed by atoms with Gasteiger partial charge in [-0.15, -0.1) is 0 Å². The molecule has 1 N–H and O–H groups in total. The fourth-order valence-electron chi connectivity index (χ4n) is 2.69. The van der Waals surface area contributed by atoms with Crippen LogP contribution < -0.4 is 5.32 Å². The van der Waals surface area contributed by atoms with E-state index in [0.717, 1.165) is 17.4 Å². The van der Waals surface area contributed by atoms with Crippen molar-refractivity contribution in [3.63, 3.8) is 0 Å². The zero-order valence-electron chi connectivity index (χ0n) is 12.0. The fourth-order valence-corrected chi connectivity index (χ4v) is 2.95. The van der Waals surface area contributed by atoms with Gasteiger partial charge in [0.2, 0.25) is 0 Å². The van der Waals surface area contributed by atoms with Gasteiger partial charge in [-0.1, -0.05) is 28.1 Å². The van der Waals surface area contributed by atoms with Crippen molar-refractivity contribution < 1.29 is 13.2 Å². The minimum absolute atomic E-state index is 0.203. The number of hydrogen-bond acceptors (Lipinski definition) is 2. The van der Waals surface area contributed by atoms with Gasteiger partial charge in [0.1, 0.15) is 0 Å². The molecular formula is C15H20BrF3N2. The number of rotatable bonds is 5. The third-order valence-corrected chi connectivity index (χ3v) is 4.38. The summed E-state index contributed by atoms with van der Waals surface area (Å²) in [6.07, 6.45) is -3.26. The third kappa shape index (κ3) is 5.60. The topological polar surface area (TPSA) is 15.3 Å². The number of halogens is 4. The number of likely N-dealkylation sites (tertiary alicyclic amines) is 1. The number of hydrogen-bond donors (Lipinski definition) is 1. The molecule has 0 aliphatic carbocycles. The first-order chi connectivity index (χ1) is 9.83. The Bertz CT molecular complexity index is 447. The predicted octanol–water partition coefficient (Wildman–Crippen LogP) is 3.98. The van der Waals surface area contributed by atoms with Gasteiger partial charge in [-0.3, -0.25) is 4.90 Å². The zero-order chi connectivity index (χ0) is 15.5. The average Bonchev–Trinajstić information content (AvgIpc) is 2.82. The molecule has 21 heavy (non-hydrogen) atoms. The summed E-state index contributed by atoms with van der Waals surface area (Å²) in [5, 5.41) is 3.42. The first-order valence-corrected chi connectivity index (χ1v) is 7.91. The first-order valence-electron chi connectivity index (χ1n) is 7.11. The van der Waals surface area contributed by atoms with Gasteiger partial charge in [-0.25, -0.2) is 0 Å². The summed E-state index contributed by atoms with van der Waals surface area (Å²) in [4.78, 5) is 1.50. The fraction of sp³-hybridized carbons (Fsp3) is 0.600. The SMILES string of the molecule is CC(NCC1CCN(CC(F)(F)F)C1)c1ccc(Br)cc1. The van der Waals surface area contributed by atoms with Gasteiger partial charge in [0.15, 0.2) is 0 Å². The molecule has 6 heteroatoms. The van der Waals surface area contributed by atoms with Crippen LogP contribution in [0.3, 0.4) is 0 Å². The predicted molar refractivity (Wildman–Crippen MR) is 81.2 cm³/mol. The quantitative estimate of drug-likeness (QED) is 0.849. The smallest absolute Gasteiger partial charge is 0.310 e. The maximum atomic E-state index is 12.3. The number of nitrogens with one attached hydrogen (secondary N) is 1. The van der Waals surface area contributed by atoms with Gasteiger partial charge in [-0.05, 0) is 50.0 Å². The van der Waals surface area contributed by atoms with E-state index in [2.05, 4.69) is 28.2 Å².